The predicted molar refractivity (Wildman–Crippen MR) is 101 cm³/mol. The molecule has 0 amide bonds. The van der Waals surface area contributed by atoms with Crippen LogP contribution in [0.15, 0.2) is 48.8 Å². The lowest BCUT2D eigenvalue weighted by Crippen LogP contribution is -2.09. The summed E-state index contributed by atoms with van der Waals surface area (Å²) >= 11 is 0. The molecule has 0 radical (unpaired) electrons. The molecule has 1 aliphatic carbocycles. The molecule has 0 aliphatic heterocycles. The number of benzene rings is 1. The average molecular weight is 385 g/mol. The maximum absolute atomic E-state index is 13.2. The van der Waals surface area contributed by atoms with Crippen LogP contribution in [0, 0.1) is 6.92 Å². The fraction of sp³-hybridized carbons (Fsp3) is 0.250. The van der Waals surface area contributed by atoms with Gasteiger partial charge < -0.3 is 10.6 Å². The predicted octanol–water partition coefficient (Wildman–Crippen LogP) is 5.18. The van der Waals surface area contributed by atoms with Gasteiger partial charge in [-0.3, -0.25) is 4.98 Å². The molecule has 2 N–H and O–H groups in total. The molecule has 0 atom stereocenters. The van der Waals surface area contributed by atoms with Crippen LogP contribution in [0.4, 0.5) is 30.6 Å². The summed E-state index contributed by atoms with van der Waals surface area (Å²) < 4.78 is 39.6. The third-order valence-electron chi connectivity index (χ3n) is 4.43. The number of nitrogens with zero attached hydrogens (tertiary/aromatic N) is 3. The lowest BCUT2D eigenvalue weighted by Gasteiger charge is -2.14. The Bertz CT molecular complexity index is 985. The van der Waals surface area contributed by atoms with Crippen LogP contribution in [-0.2, 0) is 6.18 Å². The van der Waals surface area contributed by atoms with Gasteiger partial charge in [0.2, 0.25) is 5.95 Å². The summed E-state index contributed by atoms with van der Waals surface area (Å²) in [7, 11) is 0. The van der Waals surface area contributed by atoms with E-state index in [4.69, 9.17) is 0 Å². The van der Waals surface area contributed by atoms with Gasteiger partial charge in [0.05, 0.1) is 11.3 Å². The van der Waals surface area contributed by atoms with Gasteiger partial charge >= 0.3 is 6.18 Å². The highest BCUT2D eigenvalue weighted by Crippen LogP contribution is 2.34. The first-order valence-corrected chi connectivity index (χ1v) is 8.89. The van der Waals surface area contributed by atoms with Gasteiger partial charge in [-0.15, -0.1) is 0 Å². The van der Waals surface area contributed by atoms with Crippen molar-refractivity contribution in [3.63, 3.8) is 0 Å². The summed E-state index contributed by atoms with van der Waals surface area (Å²) in [6, 6.07) is 9.84. The van der Waals surface area contributed by atoms with Gasteiger partial charge in [0.15, 0.2) is 0 Å². The Labute approximate surface area is 160 Å². The van der Waals surface area contributed by atoms with E-state index in [9.17, 15) is 13.2 Å². The largest absolute Gasteiger partial charge is 0.416 e. The zero-order valence-corrected chi connectivity index (χ0v) is 15.1. The molecule has 4 rings (SSSR count). The lowest BCUT2D eigenvalue weighted by atomic mass is 10.1. The first-order valence-electron chi connectivity index (χ1n) is 8.89. The summed E-state index contributed by atoms with van der Waals surface area (Å²) in [5.41, 5.74) is 1.33. The Morgan fingerprint density at radius 3 is 2.43 bits per heavy atom. The standard InChI is InChI=1S/C20H18F3N5/c1-12-2-3-15(10-16(12)20(21,22)23)25-18-11-17(13-6-8-24-9-7-13)27-19(28-18)26-14-4-5-14/h2-3,6-11,14H,4-5H2,1H3,(H2,25,26,27,28). The molecule has 0 spiro atoms. The summed E-state index contributed by atoms with van der Waals surface area (Å²) in [5.74, 6) is 0.865. The number of pyridine rings is 1. The average Bonchev–Trinajstić information content (AvgIpc) is 3.47. The Morgan fingerprint density at radius 1 is 1.00 bits per heavy atom. The van der Waals surface area contributed by atoms with Crippen molar-refractivity contribution < 1.29 is 13.2 Å². The van der Waals surface area contributed by atoms with Crippen molar-refractivity contribution in [2.24, 2.45) is 0 Å². The minimum Gasteiger partial charge on any atom is -0.351 e. The number of nitrogens with one attached hydrogen (secondary N) is 2. The maximum atomic E-state index is 13.2. The second kappa shape index (κ2) is 7.10. The second-order valence-electron chi connectivity index (χ2n) is 6.77. The third kappa shape index (κ3) is 4.21. The SMILES string of the molecule is Cc1ccc(Nc2cc(-c3ccncc3)nc(NC3CC3)n2)cc1C(F)(F)F. The van der Waals surface area contributed by atoms with Crippen molar-refractivity contribution in [3.8, 4) is 11.3 Å². The Kier molecular flexibility index (Phi) is 4.62. The highest BCUT2D eigenvalue weighted by Gasteiger charge is 2.32. The van der Waals surface area contributed by atoms with Gasteiger partial charge in [-0.05, 0) is 49.6 Å². The molecule has 5 nitrogen and oxygen atoms in total. The molecule has 1 aromatic carbocycles. The number of aryl methyl sites for hydroxylation is 1. The number of hydrogen-bond acceptors (Lipinski definition) is 5. The molecular weight excluding hydrogens is 367 g/mol. The van der Waals surface area contributed by atoms with E-state index in [0.29, 0.717) is 29.2 Å². The van der Waals surface area contributed by atoms with Crippen molar-refractivity contribution in [2.75, 3.05) is 10.6 Å². The van der Waals surface area contributed by atoms with Crippen molar-refractivity contribution in [2.45, 2.75) is 32.0 Å². The summed E-state index contributed by atoms with van der Waals surface area (Å²) in [6.45, 7) is 1.44. The number of anilines is 3. The van der Waals surface area contributed by atoms with Gasteiger partial charge in [-0.2, -0.15) is 18.2 Å². The molecule has 1 saturated carbocycles. The zero-order chi connectivity index (χ0) is 19.7. The highest BCUT2D eigenvalue weighted by molar-refractivity contribution is 5.67. The van der Waals surface area contributed by atoms with Crippen LogP contribution in [0.1, 0.15) is 24.0 Å². The van der Waals surface area contributed by atoms with E-state index in [-0.39, 0.29) is 5.56 Å². The molecule has 0 unspecified atom stereocenters. The molecule has 2 heterocycles. The van der Waals surface area contributed by atoms with Crippen LogP contribution in [0.25, 0.3) is 11.3 Å². The van der Waals surface area contributed by atoms with E-state index >= 15 is 0 Å². The normalized spacial score (nSPS) is 14.0. The first-order chi connectivity index (χ1) is 13.4. The van der Waals surface area contributed by atoms with E-state index in [0.717, 1.165) is 24.5 Å². The molecule has 2 aromatic heterocycles. The Balaban J connectivity index is 1.69. The molecule has 3 aromatic rings. The van der Waals surface area contributed by atoms with Gasteiger partial charge in [0, 0.05) is 35.8 Å². The van der Waals surface area contributed by atoms with Crippen LogP contribution in [0.2, 0.25) is 0 Å². The summed E-state index contributed by atoms with van der Waals surface area (Å²) in [5, 5.41) is 6.22. The van der Waals surface area contributed by atoms with Crippen molar-refractivity contribution in [3.05, 3.63) is 59.9 Å². The van der Waals surface area contributed by atoms with E-state index in [2.05, 4.69) is 25.6 Å². The number of aromatic nitrogens is 3. The summed E-state index contributed by atoms with van der Waals surface area (Å²) in [4.78, 5) is 12.9. The lowest BCUT2D eigenvalue weighted by molar-refractivity contribution is -0.138. The monoisotopic (exact) mass is 385 g/mol. The summed E-state index contributed by atoms with van der Waals surface area (Å²) in [6.07, 6.45) is 1.02. The van der Waals surface area contributed by atoms with Crippen molar-refractivity contribution >= 4 is 17.5 Å². The van der Waals surface area contributed by atoms with Crippen molar-refractivity contribution in [1.29, 1.82) is 0 Å². The Morgan fingerprint density at radius 2 is 1.75 bits per heavy atom. The highest BCUT2D eigenvalue weighted by atomic mass is 19.4. The molecular formula is C20H18F3N5. The van der Waals surface area contributed by atoms with Gasteiger partial charge in [-0.25, -0.2) is 4.98 Å². The fourth-order valence-electron chi connectivity index (χ4n) is 2.81. The number of alkyl halides is 3. The van der Waals surface area contributed by atoms with Crippen molar-refractivity contribution in [1.82, 2.24) is 15.0 Å². The zero-order valence-electron chi connectivity index (χ0n) is 15.1. The molecule has 0 bridgehead atoms. The molecule has 1 fully saturated rings. The van der Waals surface area contributed by atoms with Crippen LogP contribution in [0.5, 0.6) is 0 Å². The van der Waals surface area contributed by atoms with Crippen LogP contribution < -0.4 is 10.6 Å². The quantitative estimate of drug-likeness (QED) is 0.633. The molecule has 8 heteroatoms. The third-order valence-corrected chi connectivity index (χ3v) is 4.43. The van der Waals surface area contributed by atoms with E-state index < -0.39 is 11.7 Å². The molecule has 1 aliphatic rings. The van der Waals surface area contributed by atoms with Gasteiger partial charge in [0.1, 0.15) is 5.82 Å². The smallest absolute Gasteiger partial charge is 0.351 e. The topological polar surface area (TPSA) is 62.7 Å². The minimum absolute atomic E-state index is 0.175. The number of halogens is 3. The Hall–Kier alpha value is -3.16. The van der Waals surface area contributed by atoms with E-state index in [1.165, 1.54) is 13.0 Å². The first kappa shape index (κ1) is 18.2. The van der Waals surface area contributed by atoms with E-state index in [1.54, 1.807) is 24.5 Å². The van der Waals surface area contributed by atoms with Crippen LogP contribution in [0.3, 0.4) is 0 Å². The fourth-order valence-corrected chi connectivity index (χ4v) is 2.81. The van der Waals surface area contributed by atoms with Crippen LogP contribution >= 0.6 is 0 Å². The molecule has 144 valence electrons. The maximum Gasteiger partial charge on any atom is 0.416 e. The number of hydrogen-bond donors (Lipinski definition) is 2. The molecule has 0 saturated heterocycles. The van der Waals surface area contributed by atoms with Gasteiger partial charge in [0.25, 0.3) is 0 Å². The van der Waals surface area contributed by atoms with Crippen LogP contribution in [-0.4, -0.2) is 21.0 Å². The minimum atomic E-state index is -4.41. The van der Waals surface area contributed by atoms with Gasteiger partial charge in [-0.1, -0.05) is 6.07 Å². The number of rotatable bonds is 5. The second-order valence-corrected chi connectivity index (χ2v) is 6.77. The van der Waals surface area contributed by atoms with E-state index in [1.807, 2.05) is 12.1 Å². The molecule has 28 heavy (non-hydrogen) atoms.